The molecule has 2 aliphatic rings. The Morgan fingerprint density at radius 2 is 1.29 bits per heavy atom. The van der Waals surface area contributed by atoms with Crippen molar-refractivity contribution >= 4 is 8.96 Å². The van der Waals surface area contributed by atoms with Crippen LogP contribution < -0.4 is 5.40 Å². The smallest absolute Gasteiger partial charge is 0.106 e. The second kappa shape index (κ2) is 4.80. The van der Waals surface area contributed by atoms with Crippen molar-refractivity contribution in [3.05, 3.63) is 0 Å². The van der Waals surface area contributed by atoms with Gasteiger partial charge in [0.15, 0.2) is 0 Å². The first-order valence-electron chi connectivity index (χ1n) is 6.54. The lowest BCUT2D eigenvalue weighted by Crippen LogP contribution is -2.35. The molecular formula is C12H25NSi. The fraction of sp³-hybridized carbons (Fsp3) is 1.00. The van der Waals surface area contributed by atoms with Crippen molar-refractivity contribution < 1.29 is 0 Å². The van der Waals surface area contributed by atoms with Crippen molar-refractivity contribution in [1.29, 1.82) is 0 Å². The van der Waals surface area contributed by atoms with Gasteiger partial charge >= 0.3 is 0 Å². The van der Waals surface area contributed by atoms with Crippen LogP contribution in [0.5, 0.6) is 0 Å². The molecule has 0 spiro atoms. The molecule has 2 saturated carbocycles. The van der Waals surface area contributed by atoms with Gasteiger partial charge in [-0.15, -0.1) is 0 Å². The van der Waals surface area contributed by atoms with Gasteiger partial charge in [0.25, 0.3) is 0 Å². The average Bonchev–Trinajstić information content (AvgIpc) is 2.75. The molecule has 2 aliphatic carbocycles. The highest BCUT2D eigenvalue weighted by Crippen LogP contribution is 2.45. The molecule has 1 unspecified atom stereocenters. The zero-order chi connectivity index (χ0) is 9.97. The maximum atomic E-state index is 6.34. The molecule has 0 aliphatic heterocycles. The largest absolute Gasteiger partial charge is 0.353 e. The number of rotatable bonds is 3. The molecular weight excluding hydrogens is 186 g/mol. The molecule has 0 amide bonds. The van der Waals surface area contributed by atoms with E-state index >= 15 is 0 Å². The van der Waals surface area contributed by atoms with E-state index in [0.717, 1.165) is 17.4 Å². The number of nitrogens with two attached hydrogens (primary N) is 1. The molecule has 2 fully saturated rings. The minimum absolute atomic E-state index is 0.892. The highest BCUT2D eigenvalue weighted by molar-refractivity contribution is 6.55. The molecule has 2 N–H and O–H groups in total. The van der Waals surface area contributed by atoms with E-state index in [4.69, 9.17) is 5.40 Å². The third-order valence-corrected chi connectivity index (χ3v) is 6.80. The van der Waals surface area contributed by atoms with Gasteiger partial charge in [0.05, 0.1) is 0 Å². The van der Waals surface area contributed by atoms with E-state index in [9.17, 15) is 0 Å². The Morgan fingerprint density at radius 1 is 0.929 bits per heavy atom. The maximum absolute atomic E-state index is 6.34. The van der Waals surface area contributed by atoms with Gasteiger partial charge in [-0.3, -0.25) is 0 Å². The summed E-state index contributed by atoms with van der Waals surface area (Å²) in [5, 5.41) is 6.34. The van der Waals surface area contributed by atoms with Crippen LogP contribution >= 0.6 is 0 Å². The van der Waals surface area contributed by atoms with Crippen LogP contribution in [0.1, 0.15) is 51.4 Å². The molecule has 0 radical (unpaired) electrons. The normalized spacial score (nSPS) is 27.6. The van der Waals surface area contributed by atoms with E-state index in [-0.39, 0.29) is 0 Å². The average molecular weight is 211 g/mol. The monoisotopic (exact) mass is 211 g/mol. The van der Waals surface area contributed by atoms with Gasteiger partial charge < -0.3 is 5.40 Å². The molecule has 1 atom stereocenters. The Hall–Kier alpha value is 0.177. The van der Waals surface area contributed by atoms with Crippen LogP contribution in [-0.4, -0.2) is 8.96 Å². The van der Waals surface area contributed by atoms with Crippen molar-refractivity contribution in [3.63, 3.8) is 0 Å². The topological polar surface area (TPSA) is 26.0 Å². The van der Waals surface area contributed by atoms with Crippen LogP contribution in [0.3, 0.4) is 0 Å². The molecule has 2 heteroatoms. The van der Waals surface area contributed by atoms with Gasteiger partial charge in [-0.2, -0.15) is 0 Å². The molecule has 0 aromatic heterocycles. The van der Waals surface area contributed by atoms with Crippen LogP contribution in [-0.2, 0) is 0 Å². The first-order chi connectivity index (χ1) is 6.79. The zero-order valence-electron chi connectivity index (χ0n) is 9.54. The van der Waals surface area contributed by atoms with E-state index in [1.54, 1.807) is 0 Å². The predicted octanol–water partition coefficient (Wildman–Crippen LogP) is 3.05. The van der Waals surface area contributed by atoms with Crippen molar-refractivity contribution in [2.24, 2.45) is 17.2 Å². The summed E-state index contributed by atoms with van der Waals surface area (Å²) in [6.07, 6.45) is 11.9. The standard InChI is InChI=1S/C12H25NSi/c1-14(13)12(10-6-2-3-7-10)11-8-4-5-9-11/h10-12,14H,2-9,13H2,1H3. The summed E-state index contributed by atoms with van der Waals surface area (Å²) in [5.41, 5.74) is 0.986. The van der Waals surface area contributed by atoms with E-state index in [0.29, 0.717) is 0 Å². The maximum Gasteiger partial charge on any atom is 0.106 e. The molecule has 0 saturated heterocycles. The summed E-state index contributed by atoms with van der Waals surface area (Å²) in [6.45, 7) is 2.38. The summed E-state index contributed by atoms with van der Waals surface area (Å²) in [4.78, 5) is 0. The first kappa shape index (κ1) is 10.7. The molecule has 0 heterocycles. The van der Waals surface area contributed by atoms with Crippen molar-refractivity contribution in [1.82, 2.24) is 0 Å². The Kier molecular flexibility index (Phi) is 3.66. The lowest BCUT2D eigenvalue weighted by atomic mass is 9.91. The van der Waals surface area contributed by atoms with Gasteiger partial charge in [-0.05, 0) is 17.4 Å². The Balaban J connectivity index is 1.98. The quantitative estimate of drug-likeness (QED) is 0.714. The number of hydrogen-bond acceptors (Lipinski definition) is 1. The van der Waals surface area contributed by atoms with E-state index in [1.807, 2.05) is 0 Å². The minimum atomic E-state index is -0.892. The van der Waals surface area contributed by atoms with Crippen LogP contribution in [0.15, 0.2) is 0 Å². The number of hydrogen-bond donors (Lipinski definition) is 1. The summed E-state index contributed by atoms with van der Waals surface area (Å²) in [5.74, 6) is 2.06. The fourth-order valence-electron chi connectivity index (χ4n) is 3.93. The van der Waals surface area contributed by atoms with E-state index < -0.39 is 8.96 Å². The lowest BCUT2D eigenvalue weighted by molar-refractivity contribution is 0.374. The molecule has 82 valence electrons. The third kappa shape index (κ3) is 2.22. The second-order valence-corrected chi connectivity index (χ2v) is 8.01. The molecule has 14 heavy (non-hydrogen) atoms. The first-order valence-corrected chi connectivity index (χ1v) is 9.03. The minimum Gasteiger partial charge on any atom is -0.353 e. The summed E-state index contributed by atoms with van der Waals surface area (Å²) in [6, 6.07) is 0. The summed E-state index contributed by atoms with van der Waals surface area (Å²) < 4.78 is 0. The Labute approximate surface area is 90.1 Å². The summed E-state index contributed by atoms with van der Waals surface area (Å²) >= 11 is 0. The Bertz CT molecular complexity index is 153. The molecule has 0 bridgehead atoms. The van der Waals surface area contributed by atoms with Crippen LogP contribution in [0.2, 0.25) is 12.1 Å². The van der Waals surface area contributed by atoms with Crippen molar-refractivity contribution in [2.45, 2.75) is 63.5 Å². The van der Waals surface area contributed by atoms with Gasteiger partial charge in [-0.1, -0.05) is 57.9 Å². The fourth-order valence-corrected chi connectivity index (χ4v) is 6.42. The zero-order valence-corrected chi connectivity index (χ0v) is 10.7. The predicted molar refractivity (Wildman–Crippen MR) is 64.9 cm³/mol. The molecule has 1 nitrogen and oxygen atoms in total. The van der Waals surface area contributed by atoms with Crippen LogP contribution in [0, 0.1) is 11.8 Å². The molecule has 2 rings (SSSR count). The van der Waals surface area contributed by atoms with Gasteiger partial charge in [0.2, 0.25) is 0 Å². The van der Waals surface area contributed by atoms with E-state index in [1.165, 1.54) is 51.4 Å². The Morgan fingerprint density at radius 3 is 1.57 bits per heavy atom. The van der Waals surface area contributed by atoms with Crippen molar-refractivity contribution in [2.75, 3.05) is 0 Å². The lowest BCUT2D eigenvalue weighted by Gasteiger charge is -2.31. The van der Waals surface area contributed by atoms with Crippen molar-refractivity contribution in [3.8, 4) is 0 Å². The van der Waals surface area contributed by atoms with Crippen LogP contribution in [0.4, 0.5) is 0 Å². The van der Waals surface area contributed by atoms with Gasteiger partial charge in [-0.25, -0.2) is 0 Å². The molecule has 0 aromatic carbocycles. The summed E-state index contributed by atoms with van der Waals surface area (Å²) in [7, 11) is -0.892. The van der Waals surface area contributed by atoms with E-state index in [2.05, 4.69) is 6.55 Å². The third-order valence-electron chi connectivity index (χ3n) is 4.50. The highest BCUT2D eigenvalue weighted by atomic mass is 28.3. The molecule has 0 aromatic rings. The van der Waals surface area contributed by atoms with Crippen LogP contribution in [0.25, 0.3) is 0 Å². The van der Waals surface area contributed by atoms with Gasteiger partial charge in [0.1, 0.15) is 8.96 Å². The highest BCUT2D eigenvalue weighted by Gasteiger charge is 2.35. The van der Waals surface area contributed by atoms with Gasteiger partial charge in [0, 0.05) is 0 Å². The SMILES string of the molecule is C[SiH](N)C(C1CCCC1)C1CCCC1. The second-order valence-electron chi connectivity index (χ2n) is 5.53.